The standard InChI is InChI=1S/C17H26FNO4/c1-14(11-15-3-2-4-16(18)13-15)12-17(22)19(5-7-20)6-9-23-10-8-21/h2-4,13-14,20-21H,5-12H2,1H3. The fraction of sp³-hybridized carbons (Fsp3) is 0.588. The highest BCUT2D eigenvalue weighted by atomic mass is 19.1. The average Bonchev–Trinajstić information content (AvgIpc) is 2.50. The molecule has 0 aliphatic rings. The molecule has 0 aromatic heterocycles. The highest BCUT2D eigenvalue weighted by Crippen LogP contribution is 2.14. The molecule has 1 aromatic rings. The van der Waals surface area contributed by atoms with Crippen molar-refractivity contribution in [1.29, 1.82) is 0 Å². The van der Waals surface area contributed by atoms with Crippen LogP contribution in [0.1, 0.15) is 18.9 Å². The van der Waals surface area contributed by atoms with Crippen LogP contribution < -0.4 is 0 Å². The average molecular weight is 327 g/mol. The Morgan fingerprint density at radius 2 is 2.04 bits per heavy atom. The van der Waals surface area contributed by atoms with Gasteiger partial charge in [-0.2, -0.15) is 0 Å². The van der Waals surface area contributed by atoms with E-state index in [-0.39, 0.29) is 44.0 Å². The minimum Gasteiger partial charge on any atom is -0.395 e. The van der Waals surface area contributed by atoms with Gasteiger partial charge in [0.05, 0.1) is 26.4 Å². The van der Waals surface area contributed by atoms with E-state index >= 15 is 0 Å². The van der Waals surface area contributed by atoms with E-state index in [0.29, 0.717) is 26.0 Å². The number of aliphatic hydroxyl groups excluding tert-OH is 2. The van der Waals surface area contributed by atoms with E-state index in [1.54, 1.807) is 11.0 Å². The molecule has 23 heavy (non-hydrogen) atoms. The Labute approximate surface area is 136 Å². The smallest absolute Gasteiger partial charge is 0.223 e. The van der Waals surface area contributed by atoms with Crippen LogP contribution in [0.3, 0.4) is 0 Å². The minimum atomic E-state index is -0.274. The summed E-state index contributed by atoms with van der Waals surface area (Å²) in [4.78, 5) is 13.9. The van der Waals surface area contributed by atoms with Crippen molar-refractivity contribution in [3.63, 3.8) is 0 Å². The van der Waals surface area contributed by atoms with Crippen molar-refractivity contribution in [2.45, 2.75) is 19.8 Å². The first kappa shape index (κ1) is 19.5. The van der Waals surface area contributed by atoms with Crippen LogP contribution in [0.4, 0.5) is 4.39 Å². The lowest BCUT2D eigenvalue weighted by Gasteiger charge is -2.23. The molecule has 1 amide bonds. The summed E-state index contributed by atoms with van der Waals surface area (Å²) in [5.41, 5.74) is 0.866. The SMILES string of the molecule is CC(CC(=O)N(CCO)CCOCCO)Cc1cccc(F)c1. The first-order valence-electron chi connectivity index (χ1n) is 7.88. The van der Waals surface area contributed by atoms with E-state index in [1.807, 2.05) is 13.0 Å². The van der Waals surface area contributed by atoms with Crippen LogP contribution >= 0.6 is 0 Å². The summed E-state index contributed by atoms with van der Waals surface area (Å²) in [6, 6.07) is 6.39. The van der Waals surface area contributed by atoms with E-state index in [2.05, 4.69) is 0 Å². The van der Waals surface area contributed by atoms with E-state index in [4.69, 9.17) is 14.9 Å². The van der Waals surface area contributed by atoms with Gasteiger partial charge in [0.1, 0.15) is 5.82 Å². The first-order valence-corrected chi connectivity index (χ1v) is 7.88. The van der Waals surface area contributed by atoms with E-state index in [0.717, 1.165) is 5.56 Å². The molecule has 0 fully saturated rings. The van der Waals surface area contributed by atoms with Crippen molar-refractivity contribution in [3.8, 4) is 0 Å². The van der Waals surface area contributed by atoms with Gasteiger partial charge in [-0.15, -0.1) is 0 Å². The molecule has 0 spiro atoms. The summed E-state index contributed by atoms with van der Waals surface area (Å²) in [5, 5.41) is 17.7. The highest BCUT2D eigenvalue weighted by molar-refractivity contribution is 5.76. The number of amides is 1. The summed E-state index contributed by atoms with van der Waals surface area (Å²) in [7, 11) is 0. The number of benzene rings is 1. The third-order valence-electron chi connectivity index (χ3n) is 3.46. The lowest BCUT2D eigenvalue weighted by molar-refractivity contribution is -0.133. The lowest BCUT2D eigenvalue weighted by atomic mass is 9.97. The number of hydrogen-bond donors (Lipinski definition) is 2. The van der Waals surface area contributed by atoms with Crippen LogP contribution in [0, 0.1) is 11.7 Å². The van der Waals surface area contributed by atoms with Crippen LogP contribution in [0.5, 0.6) is 0 Å². The van der Waals surface area contributed by atoms with Crippen molar-refractivity contribution in [2.75, 3.05) is 39.5 Å². The van der Waals surface area contributed by atoms with Crippen molar-refractivity contribution in [3.05, 3.63) is 35.6 Å². The maximum absolute atomic E-state index is 13.2. The van der Waals surface area contributed by atoms with Crippen molar-refractivity contribution >= 4 is 5.91 Å². The van der Waals surface area contributed by atoms with Gasteiger partial charge in [-0.25, -0.2) is 4.39 Å². The number of nitrogens with zero attached hydrogens (tertiary/aromatic N) is 1. The summed E-state index contributed by atoms with van der Waals surface area (Å²) in [6.45, 7) is 2.98. The molecular formula is C17H26FNO4. The van der Waals surface area contributed by atoms with Gasteiger partial charge in [-0.3, -0.25) is 4.79 Å². The van der Waals surface area contributed by atoms with Crippen molar-refractivity contribution < 1.29 is 24.1 Å². The molecule has 1 atom stereocenters. The number of carbonyl (C=O) groups excluding carboxylic acids is 1. The summed E-state index contributed by atoms with van der Waals surface area (Å²) >= 11 is 0. The second-order valence-corrected chi connectivity index (χ2v) is 5.58. The van der Waals surface area contributed by atoms with Gasteiger partial charge in [0, 0.05) is 19.5 Å². The van der Waals surface area contributed by atoms with Crippen LogP contribution in [0.15, 0.2) is 24.3 Å². The molecule has 0 radical (unpaired) electrons. The number of rotatable bonds is 11. The second-order valence-electron chi connectivity index (χ2n) is 5.58. The van der Waals surface area contributed by atoms with Gasteiger partial charge in [0.25, 0.3) is 0 Å². The largest absolute Gasteiger partial charge is 0.395 e. The monoisotopic (exact) mass is 327 g/mol. The molecule has 0 aliphatic heterocycles. The number of halogens is 1. The third-order valence-corrected chi connectivity index (χ3v) is 3.46. The topological polar surface area (TPSA) is 70.0 Å². The van der Waals surface area contributed by atoms with E-state index in [9.17, 15) is 9.18 Å². The Balaban J connectivity index is 2.45. The fourth-order valence-corrected chi connectivity index (χ4v) is 2.39. The molecule has 0 bridgehead atoms. The lowest BCUT2D eigenvalue weighted by Crippen LogP contribution is -2.37. The molecular weight excluding hydrogens is 301 g/mol. The maximum Gasteiger partial charge on any atom is 0.223 e. The van der Waals surface area contributed by atoms with Gasteiger partial charge in [0.15, 0.2) is 0 Å². The summed E-state index contributed by atoms with van der Waals surface area (Å²) in [5.74, 6) is -0.261. The van der Waals surface area contributed by atoms with Gasteiger partial charge in [-0.05, 0) is 30.0 Å². The number of carbonyl (C=O) groups is 1. The molecule has 0 saturated heterocycles. The van der Waals surface area contributed by atoms with Crippen molar-refractivity contribution in [2.24, 2.45) is 5.92 Å². The fourth-order valence-electron chi connectivity index (χ4n) is 2.39. The zero-order valence-corrected chi connectivity index (χ0v) is 13.6. The molecule has 5 nitrogen and oxygen atoms in total. The molecule has 6 heteroatoms. The van der Waals surface area contributed by atoms with Crippen molar-refractivity contribution in [1.82, 2.24) is 4.90 Å². The Morgan fingerprint density at radius 1 is 1.26 bits per heavy atom. The quantitative estimate of drug-likeness (QED) is 0.600. The zero-order chi connectivity index (χ0) is 17.1. The predicted octanol–water partition coefficient (Wildman–Crippen LogP) is 1.22. The zero-order valence-electron chi connectivity index (χ0n) is 13.6. The molecule has 2 N–H and O–H groups in total. The Morgan fingerprint density at radius 3 is 2.70 bits per heavy atom. The number of aliphatic hydroxyl groups is 2. The Bertz CT molecular complexity index is 470. The van der Waals surface area contributed by atoms with E-state index < -0.39 is 0 Å². The molecule has 130 valence electrons. The van der Waals surface area contributed by atoms with E-state index in [1.165, 1.54) is 12.1 Å². The normalized spacial score (nSPS) is 12.2. The van der Waals surface area contributed by atoms with Crippen LogP contribution in [0.25, 0.3) is 0 Å². The van der Waals surface area contributed by atoms with Gasteiger partial charge < -0.3 is 19.8 Å². The van der Waals surface area contributed by atoms with Gasteiger partial charge in [0.2, 0.25) is 5.91 Å². The molecule has 1 rings (SSSR count). The first-order chi connectivity index (χ1) is 11.1. The molecule has 1 aromatic carbocycles. The maximum atomic E-state index is 13.2. The van der Waals surface area contributed by atoms with Crippen LogP contribution in [0.2, 0.25) is 0 Å². The predicted molar refractivity (Wildman–Crippen MR) is 85.5 cm³/mol. The molecule has 0 aliphatic carbocycles. The summed E-state index contributed by atoms with van der Waals surface area (Å²) in [6.07, 6.45) is 0.952. The second kappa shape index (κ2) is 11.1. The summed E-state index contributed by atoms with van der Waals surface area (Å²) < 4.78 is 18.3. The minimum absolute atomic E-state index is 0.0569. The Hall–Kier alpha value is -1.50. The number of hydrogen-bond acceptors (Lipinski definition) is 4. The molecule has 0 heterocycles. The molecule has 1 unspecified atom stereocenters. The number of ether oxygens (including phenoxy) is 1. The van der Waals surface area contributed by atoms with Crippen LogP contribution in [-0.2, 0) is 16.0 Å². The van der Waals surface area contributed by atoms with Gasteiger partial charge >= 0.3 is 0 Å². The Kier molecular flexibility index (Phi) is 9.43. The highest BCUT2D eigenvalue weighted by Gasteiger charge is 2.16. The van der Waals surface area contributed by atoms with Gasteiger partial charge in [-0.1, -0.05) is 19.1 Å². The van der Waals surface area contributed by atoms with Crippen LogP contribution in [-0.4, -0.2) is 60.5 Å². The molecule has 0 saturated carbocycles. The third kappa shape index (κ3) is 8.06.